The SMILES string of the molecule is CC(C(=O)N[C@H](CCC#N)C(N)=O)(c1ccccc1)c1ccccc1. The molecular formula is C20H21N3O2. The molecule has 5 nitrogen and oxygen atoms in total. The first-order valence-corrected chi connectivity index (χ1v) is 8.08. The molecule has 0 saturated carbocycles. The average Bonchev–Trinajstić information content (AvgIpc) is 2.65. The van der Waals surface area contributed by atoms with Gasteiger partial charge in [-0.2, -0.15) is 5.26 Å². The van der Waals surface area contributed by atoms with Gasteiger partial charge < -0.3 is 11.1 Å². The van der Waals surface area contributed by atoms with E-state index >= 15 is 0 Å². The van der Waals surface area contributed by atoms with Gasteiger partial charge >= 0.3 is 0 Å². The van der Waals surface area contributed by atoms with Crippen molar-refractivity contribution >= 4 is 11.8 Å². The fourth-order valence-corrected chi connectivity index (χ4v) is 2.77. The van der Waals surface area contributed by atoms with Gasteiger partial charge in [0.25, 0.3) is 0 Å². The molecule has 5 heteroatoms. The number of nitrogens with one attached hydrogen (secondary N) is 1. The number of hydrogen-bond donors (Lipinski definition) is 2. The number of hydrogen-bond acceptors (Lipinski definition) is 3. The Kier molecular flexibility index (Phi) is 5.91. The largest absolute Gasteiger partial charge is 0.368 e. The first-order chi connectivity index (χ1) is 12.0. The minimum atomic E-state index is -0.983. The van der Waals surface area contributed by atoms with Crippen LogP contribution in [0.1, 0.15) is 30.9 Å². The summed E-state index contributed by atoms with van der Waals surface area (Å²) in [5.41, 5.74) is 6.02. The molecule has 2 aromatic carbocycles. The Morgan fingerprint density at radius 3 is 1.96 bits per heavy atom. The van der Waals surface area contributed by atoms with Crippen molar-refractivity contribution < 1.29 is 9.59 Å². The van der Waals surface area contributed by atoms with Crippen molar-refractivity contribution in [1.82, 2.24) is 5.32 Å². The molecule has 0 heterocycles. The molecule has 0 saturated heterocycles. The van der Waals surface area contributed by atoms with Crippen molar-refractivity contribution in [2.24, 2.45) is 5.73 Å². The minimum Gasteiger partial charge on any atom is -0.368 e. The first-order valence-electron chi connectivity index (χ1n) is 8.08. The Morgan fingerprint density at radius 2 is 1.56 bits per heavy atom. The second-order valence-electron chi connectivity index (χ2n) is 5.98. The molecule has 0 radical (unpaired) electrons. The Bertz CT molecular complexity index is 727. The number of amides is 2. The number of carbonyl (C=O) groups excluding carboxylic acids is 2. The van der Waals surface area contributed by atoms with Crippen molar-refractivity contribution in [3.8, 4) is 6.07 Å². The zero-order chi connectivity index (χ0) is 18.3. The van der Waals surface area contributed by atoms with Gasteiger partial charge in [-0.05, 0) is 24.5 Å². The standard InChI is InChI=1S/C20H21N3O2/c1-20(15-9-4-2-5-10-15,16-11-6-3-7-12-16)19(25)23-17(18(22)24)13-8-14-21/h2-7,9-12,17H,8,13H2,1H3,(H2,22,24)(H,23,25)/t17-/m1/s1. The highest BCUT2D eigenvalue weighted by molar-refractivity contribution is 5.95. The van der Waals surface area contributed by atoms with Gasteiger partial charge in [0.05, 0.1) is 11.5 Å². The predicted octanol–water partition coefficient (Wildman–Crippen LogP) is 2.27. The highest BCUT2D eigenvalue weighted by atomic mass is 16.2. The zero-order valence-corrected chi connectivity index (χ0v) is 14.1. The van der Waals surface area contributed by atoms with Gasteiger partial charge in [0.1, 0.15) is 6.04 Å². The summed E-state index contributed by atoms with van der Waals surface area (Å²) < 4.78 is 0. The number of primary amides is 1. The Hall–Kier alpha value is -3.13. The van der Waals surface area contributed by atoms with Gasteiger partial charge in [-0.1, -0.05) is 60.7 Å². The molecule has 0 aliphatic heterocycles. The van der Waals surface area contributed by atoms with Gasteiger partial charge in [0, 0.05) is 6.42 Å². The Labute approximate surface area is 147 Å². The topological polar surface area (TPSA) is 96.0 Å². The lowest BCUT2D eigenvalue weighted by Crippen LogP contribution is -2.51. The monoisotopic (exact) mass is 335 g/mol. The van der Waals surface area contributed by atoms with Crippen LogP contribution in [0.15, 0.2) is 60.7 Å². The lowest BCUT2D eigenvalue weighted by atomic mass is 9.75. The van der Waals surface area contributed by atoms with E-state index in [1.165, 1.54) is 0 Å². The molecule has 2 rings (SSSR count). The fourth-order valence-electron chi connectivity index (χ4n) is 2.77. The number of benzene rings is 2. The minimum absolute atomic E-state index is 0.140. The van der Waals surface area contributed by atoms with Crippen molar-refractivity contribution in [2.75, 3.05) is 0 Å². The molecule has 0 aliphatic carbocycles. The first kappa shape index (κ1) is 18.2. The molecule has 0 aromatic heterocycles. The lowest BCUT2D eigenvalue weighted by molar-refractivity contribution is -0.130. The van der Waals surface area contributed by atoms with Gasteiger partial charge in [-0.15, -0.1) is 0 Å². The molecule has 2 amide bonds. The van der Waals surface area contributed by atoms with Crippen molar-refractivity contribution in [2.45, 2.75) is 31.2 Å². The highest BCUT2D eigenvalue weighted by Gasteiger charge is 2.38. The summed E-state index contributed by atoms with van der Waals surface area (Å²) in [6, 6.07) is 19.8. The molecule has 0 unspecified atom stereocenters. The van der Waals surface area contributed by atoms with Crippen LogP contribution in [-0.2, 0) is 15.0 Å². The molecule has 0 spiro atoms. The zero-order valence-electron chi connectivity index (χ0n) is 14.1. The molecular weight excluding hydrogens is 314 g/mol. The van der Waals surface area contributed by atoms with Crippen molar-refractivity contribution in [3.05, 3.63) is 71.8 Å². The summed E-state index contributed by atoms with van der Waals surface area (Å²) in [5.74, 6) is -0.973. The molecule has 25 heavy (non-hydrogen) atoms. The van der Waals surface area contributed by atoms with Crippen LogP contribution in [0, 0.1) is 11.3 Å². The van der Waals surface area contributed by atoms with E-state index in [-0.39, 0.29) is 18.7 Å². The maximum Gasteiger partial charge on any atom is 0.240 e. The number of rotatable bonds is 7. The van der Waals surface area contributed by atoms with E-state index in [1.807, 2.05) is 73.7 Å². The third-order valence-corrected chi connectivity index (χ3v) is 4.35. The summed E-state index contributed by atoms with van der Waals surface area (Å²) in [6.07, 6.45) is 0.332. The van der Waals surface area contributed by atoms with Crippen LogP contribution in [0.3, 0.4) is 0 Å². The molecule has 0 aliphatic rings. The summed E-state index contributed by atoms with van der Waals surface area (Å²) in [7, 11) is 0. The summed E-state index contributed by atoms with van der Waals surface area (Å²) in [4.78, 5) is 24.8. The van der Waals surface area contributed by atoms with Gasteiger partial charge in [0.15, 0.2) is 0 Å². The van der Waals surface area contributed by atoms with Crippen LogP contribution in [0.4, 0.5) is 0 Å². The Morgan fingerprint density at radius 1 is 1.08 bits per heavy atom. The number of nitrogens with zero attached hydrogens (tertiary/aromatic N) is 1. The fraction of sp³-hybridized carbons (Fsp3) is 0.250. The van der Waals surface area contributed by atoms with Crippen LogP contribution in [0.5, 0.6) is 0 Å². The van der Waals surface area contributed by atoms with Crippen LogP contribution >= 0.6 is 0 Å². The molecule has 128 valence electrons. The normalized spacial score (nSPS) is 12.0. The van der Waals surface area contributed by atoms with Crippen LogP contribution in [-0.4, -0.2) is 17.9 Å². The predicted molar refractivity (Wildman–Crippen MR) is 95.3 cm³/mol. The van der Waals surface area contributed by atoms with E-state index in [4.69, 9.17) is 11.0 Å². The maximum absolute atomic E-state index is 13.1. The summed E-state index contributed by atoms with van der Waals surface area (Å²) >= 11 is 0. The smallest absolute Gasteiger partial charge is 0.240 e. The third-order valence-electron chi connectivity index (χ3n) is 4.35. The third kappa shape index (κ3) is 4.04. The summed E-state index contributed by atoms with van der Waals surface area (Å²) in [5, 5.41) is 11.5. The van der Waals surface area contributed by atoms with E-state index in [1.54, 1.807) is 0 Å². The van der Waals surface area contributed by atoms with Gasteiger partial charge in [0.2, 0.25) is 11.8 Å². The summed E-state index contributed by atoms with van der Waals surface area (Å²) in [6.45, 7) is 1.81. The number of nitriles is 1. The molecule has 0 bridgehead atoms. The highest BCUT2D eigenvalue weighted by Crippen LogP contribution is 2.32. The second kappa shape index (κ2) is 8.11. The van der Waals surface area contributed by atoms with E-state index in [0.29, 0.717) is 0 Å². The quantitative estimate of drug-likeness (QED) is 0.812. The lowest BCUT2D eigenvalue weighted by Gasteiger charge is -2.31. The van der Waals surface area contributed by atoms with Crippen LogP contribution in [0.25, 0.3) is 0 Å². The van der Waals surface area contributed by atoms with Crippen molar-refractivity contribution in [3.63, 3.8) is 0 Å². The van der Waals surface area contributed by atoms with Gasteiger partial charge in [-0.25, -0.2) is 0 Å². The molecule has 1 atom stereocenters. The molecule has 3 N–H and O–H groups in total. The Balaban J connectivity index is 2.41. The van der Waals surface area contributed by atoms with Crippen LogP contribution < -0.4 is 11.1 Å². The second-order valence-corrected chi connectivity index (χ2v) is 5.98. The molecule has 0 fully saturated rings. The van der Waals surface area contributed by atoms with E-state index < -0.39 is 17.4 Å². The van der Waals surface area contributed by atoms with E-state index in [2.05, 4.69) is 5.32 Å². The maximum atomic E-state index is 13.1. The van der Waals surface area contributed by atoms with Gasteiger partial charge in [-0.3, -0.25) is 9.59 Å². The number of carbonyl (C=O) groups is 2. The average molecular weight is 335 g/mol. The van der Waals surface area contributed by atoms with Crippen LogP contribution in [0.2, 0.25) is 0 Å². The van der Waals surface area contributed by atoms with E-state index in [0.717, 1.165) is 11.1 Å². The van der Waals surface area contributed by atoms with Crippen molar-refractivity contribution in [1.29, 1.82) is 5.26 Å². The number of nitrogens with two attached hydrogens (primary N) is 1. The van der Waals surface area contributed by atoms with E-state index in [9.17, 15) is 9.59 Å². The molecule has 2 aromatic rings.